The van der Waals surface area contributed by atoms with E-state index in [9.17, 15) is 4.79 Å². The van der Waals surface area contributed by atoms with Crippen LogP contribution in [-0.2, 0) is 0 Å². The number of anilines is 1. The van der Waals surface area contributed by atoms with Crippen LogP contribution in [0.3, 0.4) is 0 Å². The van der Waals surface area contributed by atoms with Gasteiger partial charge in [0.25, 0.3) is 0 Å². The van der Waals surface area contributed by atoms with Gasteiger partial charge >= 0.3 is 6.03 Å². The summed E-state index contributed by atoms with van der Waals surface area (Å²) in [6.45, 7) is 4.06. The van der Waals surface area contributed by atoms with Gasteiger partial charge in [-0.15, -0.1) is 6.58 Å². The second kappa shape index (κ2) is 7.09. The van der Waals surface area contributed by atoms with Gasteiger partial charge in [-0.05, 0) is 24.3 Å². The summed E-state index contributed by atoms with van der Waals surface area (Å²) in [4.78, 5) is 13.3. The van der Waals surface area contributed by atoms with Crippen LogP contribution in [0.1, 0.15) is 5.56 Å². The van der Waals surface area contributed by atoms with Gasteiger partial charge in [0.2, 0.25) is 0 Å². The van der Waals surface area contributed by atoms with Gasteiger partial charge in [0.05, 0.1) is 18.2 Å². The highest BCUT2D eigenvalue weighted by Crippen LogP contribution is 2.09. The molecule has 1 aromatic rings. The maximum absolute atomic E-state index is 11.8. The highest BCUT2D eigenvalue weighted by Gasteiger charge is 2.11. The molecular formula is C13H15N3O2. The predicted octanol–water partition coefficient (Wildman–Crippen LogP) is 1.57. The van der Waals surface area contributed by atoms with Gasteiger partial charge in [-0.1, -0.05) is 6.08 Å². The standard InChI is InChI=1S/C13H15N3O2/c1-2-7-16(8-9-17)13(18)15-12-5-3-11(10-14)4-6-12/h2-6,17H,1,7-9H2,(H,15,18). The van der Waals surface area contributed by atoms with Crippen LogP contribution >= 0.6 is 0 Å². The van der Waals surface area contributed by atoms with E-state index < -0.39 is 0 Å². The number of carbonyl (C=O) groups is 1. The normalized spacial score (nSPS) is 9.33. The number of carbonyl (C=O) groups excluding carboxylic acids is 1. The molecule has 18 heavy (non-hydrogen) atoms. The van der Waals surface area contributed by atoms with E-state index >= 15 is 0 Å². The van der Waals surface area contributed by atoms with Crippen molar-refractivity contribution >= 4 is 11.7 Å². The lowest BCUT2D eigenvalue weighted by Crippen LogP contribution is -2.37. The molecule has 0 radical (unpaired) electrons. The molecule has 0 unspecified atom stereocenters. The third kappa shape index (κ3) is 3.92. The van der Waals surface area contributed by atoms with Crippen molar-refractivity contribution in [1.82, 2.24) is 4.90 Å². The Bertz CT molecular complexity index is 448. The van der Waals surface area contributed by atoms with E-state index in [2.05, 4.69) is 11.9 Å². The number of rotatable bonds is 5. The lowest BCUT2D eigenvalue weighted by Gasteiger charge is -2.20. The summed E-state index contributed by atoms with van der Waals surface area (Å²) in [6.07, 6.45) is 1.59. The molecule has 0 saturated heterocycles. The Morgan fingerprint density at radius 3 is 2.67 bits per heavy atom. The summed E-state index contributed by atoms with van der Waals surface area (Å²) >= 11 is 0. The largest absolute Gasteiger partial charge is 0.395 e. The number of nitriles is 1. The number of urea groups is 1. The topological polar surface area (TPSA) is 76.4 Å². The smallest absolute Gasteiger partial charge is 0.322 e. The molecule has 0 heterocycles. The minimum Gasteiger partial charge on any atom is -0.395 e. The van der Waals surface area contributed by atoms with Crippen LogP contribution < -0.4 is 5.32 Å². The van der Waals surface area contributed by atoms with Crippen LogP contribution in [0.4, 0.5) is 10.5 Å². The number of nitrogens with one attached hydrogen (secondary N) is 1. The summed E-state index contributed by atoms with van der Waals surface area (Å²) in [5.74, 6) is 0. The van der Waals surface area contributed by atoms with Gasteiger partial charge in [-0.3, -0.25) is 0 Å². The monoisotopic (exact) mass is 245 g/mol. The Balaban J connectivity index is 2.66. The molecule has 1 rings (SSSR count). The minimum atomic E-state index is -0.311. The molecular weight excluding hydrogens is 230 g/mol. The van der Waals surface area contributed by atoms with Crippen molar-refractivity contribution in [2.24, 2.45) is 0 Å². The summed E-state index contributed by atoms with van der Waals surface area (Å²) in [5, 5.41) is 20.2. The molecule has 0 atom stereocenters. The summed E-state index contributed by atoms with van der Waals surface area (Å²) < 4.78 is 0. The van der Waals surface area contributed by atoms with Crippen LogP contribution in [0.25, 0.3) is 0 Å². The lowest BCUT2D eigenvalue weighted by atomic mass is 10.2. The van der Waals surface area contributed by atoms with Crippen molar-refractivity contribution < 1.29 is 9.90 Å². The van der Waals surface area contributed by atoms with Crippen LogP contribution in [0.2, 0.25) is 0 Å². The Kier molecular flexibility index (Phi) is 5.42. The first-order valence-corrected chi connectivity index (χ1v) is 5.49. The summed E-state index contributed by atoms with van der Waals surface area (Å²) in [6, 6.07) is 8.25. The van der Waals surface area contributed by atoms with E-state index in [4.69, 9.17) is 10.4 Å². The molecule has 94 valence electrons. The van der Waals surface area contributed by atoms with Crippen LogP contribution in [0.5, 0.6) is 0 Å². The third-order valence-electron chi connectivity index (χ3n) is 2.27. The van der Waals surface area contributed by atoms with E-state index in [0.29, 0.717) is 17.8 Å². The molecule has 0 fully saturated rings. The molecule has 0 aliphatic rings. The number of aliphatic hydroxyl groups is 1. The molecule has 0 aliphatic carbocycles. The van der Waals surface area contributed by atoms with Crippen molar-refractivity contribution in [2.75, 3.05) is 25.0 Å². The zero-order valence-corrected chi connectivity index (χ0v) is 9.97. The SMILES string of the molecule is C=CCN(CCO)C(=O)Nc1ccc(C#N)cc1. The maximum atomic E-state index is 11.8. The number of hydrogen-bond donors (Lipinski definition) is 2. The fourth-order valence-electron chi connectivity index (χ4n) is 1.38. The number of hydrogen-bond acceptors (Lipinski definition) is 3. The minimum absolute atomic E-state index is 0.103. The second-order valence-electron chi connectivity index (χ2n) is 3.58. The molecule has 0 aromatic heterocycles. The van der Waals surface area contributed by atoms with Crippen LogP contribution in [-0.4, -0.2) is 35.7 Å². The van der Waals surface area contributed by atoms with E-state index in [1.165, 1.54) is 4.90 Å². The average Bonchev–Trinajstić information content (AvgIpc) is 2.39. The molecule has 0 saturated carbocycles. The van der Waals surface area contributed by atoms with Gasteiger partial charge in [0, 0.05) is 18.8 Å². The molecule has 2 amide bonds. The highest BCUT2D eigenvalue weighted by atomic mass is 16.3. The predicted molar refractivity (Wildman–Crippen MR) is 69.0 cm³/mol. The van der Waals surface area contributed by atoms with Crippen molar-refractivity contribution in [2.45, 2.75) is 0 Å². The first kappa shape index (κ1) is 13.7. The van der Waals surface area contributed by atoms with E-state index in [1.807, 2.05) is 6.07 Å². The van der Waals surface area contributed by atoms with Crippen molar-refractivity contribution in [1.29, 1.82) is 5.26 Å². The van der Waals surface area contributed by atoms with Crippen molar-refractivity contribution in [3.8, 4) is 6.07 Å². The fourth-order valence-corrected chi connectivity index (χ4v) is 1.38. The molecule has 2 N–H and O–H groups in total. The van der Waals surface area contributed by atoms with Gasteiger partial charge in [-0.25, -0.2) is 4.79 Å². The average molecular weight is 245 g/mol. The van der Waals surface area contributed by atoms with E-state index in [1.54, 1.807) is 30.3 Å². The molecule has 1 aromatic carbocycles. The second-order valence-corrected chi connectivity index (χ2v) is 3.58. The van der Waals surface area contributed by atoms with Gasteiger partial charge in [-0.2, -0.15) is 5.26 Å². The molecule has 5 heteroatoms. The molecule has 0 spiro atoms. The number of nitrogens with zero attached hydrogens (tertiary/aromatic N) is 2. The zero-order chi connectivity index (χ0) is 13.4. The fraction of sp³-hybridized carbons (Fsp3) is 0.231. The summed E-state index contributed by atoms with van der Waals surface area (Å²) in [5.41, 5.74) is 1.14. The van der Waals surface area contributed by atoms with Gasteiger partial charge in [0.15, 0.2) is 0 Å². The quantitative estimate of drug-likeness (QED) is 0.773. The van der Waals surface area contributed by atoms with Gasteiger partial charge < -0.3 is 15.3 Å². The summed E-state index contributed by atoms with van der Waals surface area (Å²) in [7, 11) is 0. The Morgan fingerprint density at radius 2 is 2.17 bits per heavy atom. The lowest BCUT2D eigenvalue weighted by molar-refractivity contribution is 0.195. The third-order valence-corrected chi connectivity index (χ3v) is 2.27. The molecule has 5 nitrogen and oxygen atoms in total. The first-order valence-electron chi connectivity index (χ1n) is 5.49. The van der Waals surface area contributed by atoms with Crippen LogP contribution in [0, 0.1) is 11.3 Å². The Labute approximate surface area is 106 Å². The van der Waals surface area contributed by atoms with Crippen molar-refractivity contribution in [3.05, 3.63) is 42.5 Å². The molecule has 0 aliphatic heterocycles. The number of amides is 2. The molecule has 0 bridgehead atoms. The van der Waals surface area contributed by atoms with Crippen molar-refractivity contribution in [3.63, 3.8) is 0 Å². The number of benzene rings is 1. The van der Waals surface area contributed by atoms with Gasteiger partial charge in [0.1, 0.15) is 0 Å². The Morgan fingerprint density at radius 1 is 1.50 bits per heavy atom. The highest BCUT2D eigenvalue weighted by molar-refractivity contribution is 5.89. The maximum Gasteiger partial charge on any atom is 0.322 e. The van der Waals surface area contributed by atoms with E-state index in [0.717, 1.165) is 0 Å². The van der Waals surface area contributed by atoms with Crippen LogP contribution in [0.15, 0.2) is 36.9 Å². The van der Waals surface area contributed by atoms with E-state index in [-0.39, 0.29) is 19.2 Å². The Hall–Kier alpha value is -2.32. The zero-order valence-electron chi connectivity index (χ0n) is 9.97. The first-order chi connectivity index (χ1) is 8.71. The number of aliphatic hydroxyl groups excluding tert-OH is 1.